The first kappa shape index (κ1) is 18.9. The quantitative estimate of drug-likeness (QED) is 0.737. The number of nitrogens with zero attached hydrogens (tertiary/aromatic N) is 6. The molecule has 150 valence electrons. The minimum Gasteiger partial charge on any atom is -0.352 e. The van der Waals surface area contributed by atoms with Gasteiger partial charge in [0, 0.05) is 58.0 Å². The maximum absolute atomic E-state index is 13.0. The Balaban J connectivity index is 1.45. The summed E-state index contributed by atoms with van der Waals surface area (Å²) in [6, 6.07) is 9.54. The minimum absolute atomic E-state index is 0.0858. The van der Waals surface area contributed by atoms with Gasteiger partial charge in [0.25, 0.3) is 0 Å². The summed E-state index contributed by atoms with van der Waals surface area (Å²) in [4.78, 5) is 30.3. The van der Waals surface area contributed by atoms with Gasteiger partial charge >= 0.3 is 6.03 Å². The molecule has 1 fully saturated rings. The van der Waals surface area contributed by atoms with E-state index in [4.69, 9.17) is 0 Å². The molecule has 1 unspecified atom stereocenters. The largest absolute Gasteiger partial charge is 0.352 e. The normalized spacial score (nSPS) is 15.2. The second kappa shape index (κ2) is 8.30. The average Bonchev–Trinajstić information content (AvgIpc) is 3.18. The average molecular weight is 391 g/mol. The molecule has 2 amide bonds. The highest BCUT2D eigenvalue weighted by molar-refractivity contribution is 5.75. The van der Waals surface area contributed by atoms with E-state index >= 15 is 0 Å². The summed E-state index contributed by atoms with van der Waals surface area (Å²) in [5, 5.41) is 3.17. The molecule has 1 saturated heterocycles. The third-order valence-corrected chi connectivity index (χ3v) is 5.24. The van der Waals surface area contributed by atoms with Crippen LogP contribution in [0.3, 0.4) is 0 Å². The maximum Gasteiger partial charge on any atom is 0.318 e. The molecule has 1 aromatic carbocycles. The fourth-order valence-corrected chi connectivity index (χ4v) is 3.64. The third kappa shape index (κ3) is 4.06. The number of benzene rings is 1. The predicted octanol–water partition coefficient (Wildman–Crippen LogP) is 2.14. The third-order valence-electron chi connectivity index (χ3n) is 5.24. The van der Waals surface area contributed by atoms with Crippen molar-refractivity contribution in [3.63, 3.8) is 0 Å². The lowest BCUT2D eigenvalue weighted by molar-refractivity contribution is 0.191. The van der Waals surface area contributed by atoms with E-state index in [1.165, 1.54) is 0 Å². The molecule has 8 nitrogen and oxygen atoms in total. The molecule has 0 spiro atoms. The van der Waals surface area contributed by atoms with Crippen LogP contribution in [0.1, 0.15) is 23.1 Å². The first-order valence-corrected chi connectivity index (χ1v) is 9.73. The van der Waals surface area contributed by atoms with E-state index in [0.29, 0.717) is 13.1 Å². The second-order valence-corrected chi connectivity index (χ2v) is 7.13. The SMILES string of the molecule is Cc1nccnc1N1CCN(C(=O)NC(c2ccccc2)c2nccn2C)CC1. The Labute approximate surface area is 170 Å². The highest BCUT2D eigenvalue weighted by Crippen LogP contribution is 2.21. The zero-order valence-corrected chi connectivity index (χ0v) is 16.7. The fourth-order valence-electron chi connectivity index (χ4n) is 3.64. The Kier molecular flexibility index (Phi) is 5.41. The van der Waals surface area contributed by atoms with Gasteiger partial charge in [0.05, 0.1) is 5.69 Å². The maximum atomic E-state index is 13.0. The Bertz CT molecular complexity index is 964. The minimum atomic E-state index is -0.302. The topological polar surface area (TPSA) is 79.2 Å². The monoisotopic (exact) mass is 391 g/mol. The number of piperazine rings is 1. The summed E-state index contributed by atoms with van der Waals surface area (Å²) in [6.45, 7) is 4.67. The van der Waals surface area contributed by atoms with Crippen molar-refractivity contribution in [3.05, 3.63) is 72.2 Å². The van der Waals surface area contributed by atoms with Gasteiger partial charge in [0.15, 0.2) is 0 Å². The molecule has 2 aromatic heterocycles. The number of anilines is 1. The highest BCUT2D eigenvalue weighted by atomic mass is 16.2. The molecule has 1 aliphatic heterocycles. The van der Waals surface area contributed by atoms with Crippen LogP contribution in [-0.2, 0) is 7.05 Å². The number of aryl methyl sites for hydroxylation is 2. The van der Waals surface area contributed by atoms with E-state index in [-0.39, 0.29) is 12.1 Å². The van der Waals surface area contributed by atoms with E-state index in [2.05, 4.69) is 25.2 Å². The van der Waals surface area contributed by atoms with Crippen molar-refractivity contribution in [2.45, 2.75) is 13.0 Å². The molecule has 1 aliphatic rings. The zero-order chi connectivity index (χ0) is 20.2. The smallest absolute Gasteiger partial charge is 0.318 e. The first-order valence-electron chi connectivity index (χ1n) is 9.73. The van der Waals surface area contributed by atoms with Gasteiger partial charge in [0.2, 0.25) is 0 Å². The Morgan fingerprint density at radius 2 is 1.72 bits per heavy atom. The molecule has 4 rings (SSSR count). The zero-order valence-electron chi connectivity index (χ0n) is 16.7. The van der Waals surface area contributed by atoms with E-state index in [1.54, 1.807) is 18.6 Å². The van der Waals surface area contributed by atoms with Gasteiger partial charge < -0.3 is 19.7 Å². The number of urea groups is 1. The summed E-state index contributed by atoms with van der Waals surface area (Å²) in [5.74, 6) is 1.70. The van der Waals surface area contributed by atoms with E-state index in [0.717, 1.165) is 36.0 Å². The van der Waals surface area contributed by atoms with E-state index in [1.807, 2.05) is 60.0 Å². The summed E-state index contributed by atoms with van der Waals surface area (Å²) in [5.41, 5.74) is 1.91. The molecule has 1 N–H and O–H groups in total. The van der Waals surface area contributed by atoms with Gasteiger partial charge in [-0.3, -0.25) is 4.98 Å². The second-order valence-electron chi connectivity index (χ2n) is 7.13. The van der Waals surface area contributed by atoms with Crippen molar-refractivity contribution in [2.24, 2.45) is 7.05 Å². The number of amides is 2. The summed E-state index contributed by atoms with van der Waals surface area (Å²) >= 11 is 0. The van der Waals surface area contributed by atoms with Crippen LogP contribution in [0, 0.1) is 6.92 Å². The van der Waals surface area contributed by atoms with Gasteiger partial charge in [-0.25, -0.2) is 14.8 Å². The number of rotatable bonds is 4. The highest BCUT2D eigenvalue weighted by Gasteiger charge is 2.27. The Morgan fingerprint density at radius 3 is 2.38 bits per heavy atom. The fraction of sp³-hybridized carbons (Fsp3) is 0.333. The van der Waals surface area contributed by atoms with Crippen LogP contribution in [0.5, 0.6) is 0 Å². The lowest BCUT2D eigenvalue weighted by Crippen LogP contribution is -2.52. The molecule has 8 heteroatoms. The molecule has 0 aliphatic carbocycles. The van der Waals surface area contributed by atoms with Crippen molar-refractivity contribution in [1.82, 2.24) is 29.7 Å². The molecular formula is C21H25N7O. The molecular weight excluding hydrogens is 366 g/mol. The molecule has 3 aromatic rings. The summed E-state index contributed by atoms with van der Waals surface area (Å²) in [6.07, 6.45) is 7.04. The Morgan fingerprint density at radius 1 is 1.00 bits per heavy atom. The van der Waals surface area contributed by atoms with Gasteiger partial charge in [-0.15, -0.1) is 0 Å². The van der Waals surface area contributed by atoms with Gasteiger partial charge in [-0.2, -0.15) is 0 Å². The number of aromatic nitrogens is 4. The molecule has 0 saturated carbocycles. The standard InChI is InChI=1S/C21H25N7O/c1-16-19(23-9-8-22-16)27-12-14-28(15-13-27)21(29)25-18(17-6-4-3-5-7-17)20-24-10-11-26(20)2/h3-11,18H,12-15H2,1-2H3,(H,25,29). The number of imidazole rings is 1. The van der Waals surface area contributed by atoms with Crippen LogP contribution in [0.2, 0.25) is 0 Å². The van der Waals surface area contributed by atoms with E-state index < -0.39 is 0 Å². The van der Waals surface area contributed by atoms with Crippen molar-refractivity contribution in [3.8, 4) is 0 Å². The summed E-state index contributed by atoms with van der Waals surface area (Å²) < 4.78 is 1.94. The van der Waals surface area contributed by atoms with Crippen LogP contribution >= 0.6 is 0 Å². The van der Waals surface area contributed by atoms with Crippen molar-refractivity contribution in [2.75, 3.05) is 31.1 Å². The van der Waals surface area contributed by atoms with E-state index in [9.17, 15) is 4.79 Å². The molecule has 1 atom stereocenters. The Hall–Kier alpha value is -3.42. The van der Waals surface area contributed by atoms with Crippen LogP contribution in [0.4, 0.5) is 10.6 Å². The van der Waals surface area contributed by atoms with Crippen LogP contribution in [-0.4, -0.2) is 56.6 Å². The van der Waals surface area contributed by atoms with Crippen molar-refractivity contribution in [1.29, 1.82) is 0 Å². The molecule has 3 heterocycles. The van der Waals surface area contributed by atoms with Crippen LogP contribution < -0.4 is 10.2 Å². The molecule has 0 radical (unpaired) electrons. The van der Waals surface area contributed by atoms with Crippen LogP contribution in [0.25, 0.3) is 0 Å². The molecule has 29 heavy (non-hydrogen) atoms. The number of hydrogen-bond acceptors (Lipinski definition) is 5. The number of carbonyl (C=O) groups excluding carboxylic acids is 1. The number of carbonyl (C=O) groups is 1. The first-order chi connectivity index (χ1) is 14.1. The lowest BCUT2D eigenvalue weighted by Gasteiger charge is -2.36. The summed E-state index contributed by atoms with van der Waals surface area (Å²) in [7, 11) is 1.94. The lowest BCUT2D eigenvalue weighted by atomic mass is 10.1. The van der Waals surface area contributed by atoms with Gasteiger partial charge in [-0.05, 0) is 12.5 Å². The molecule has 0 bridgehead atoms. The van der Waals surface area contributed by atoms with Crippen LogP contribution in [0.15, 0.2) is 55.1 Å². The number of hydrogen-bond donors (Lipinski definition) is 1. The predicted molar refractivity (Wildman–Crippen MR) is 111 cm³/mol. The van der Waals surface area contributed by atoms with Gasteiger partial charge in [0.1, 0.15) is 17.7 Å². The van der Waals surface area contributed by atoms with Crippen molar-refractivity contribution < 1.29 is 4.79 Å². The number of nitrogens with one attached hydrogen (secondary N) is 1. The van der Waals surface area contributed by atoms with Gasteiger partial charge in [-0.1, -0.05) is 30.3 Å². The van der Waals surface area contributed by atoms with Crippen molar-refractivity contribution >= 4 is 11.8 Å².